The molecular formula is C16H27NO2S. The van der Waals surface area contributed by atoms with Gasteiger partial charge in [0, 0.05) is 42.1 Å². The highest BCUT2D eigenvalue weighted by molar-refractivity contribution is 7.85. The van der Waals surface area contributed by atoms with E-state index in [1.165, 1.54) is 5.56 Å². The Labute approximate surface area is 125 Å². The van der Waals surface area contributed by atoms with Crippen molar-refractivity contribution in [2.45, 2.75) is 38.6 Å². The van der Waals surface area contributed by atoms with Gasteiger partial charge in [0.15, 0.2) is 0 Å². The topological polar surface area (TPSA) is 52.3 Å². The number of ether oxygens (including phenoxy) is 1. The number of nitrogens with two attached hydrogens (primary N) is 1. The number of hydrogen-bond donors (Lipinski definition) is 1. The fourth-order valence-corrected chi connectivity index (χ4v) is 3.17. The van der Waals surface area contributed by atoms with Crippen LogP contribution in [-0.2, 0) is 21.0 Å². The predicted octanol–water partition coefficient (Wildman–Crippen LogP) is 2.77. The second kappa shape index (κ2) is 7.91. The van der Waals surface area contributed by atoms with Gasteiger partial charge in [-0.25, -0.2) is 0 Å². The molecule has 0 fully saturated rings. The lowest BCUT2D eigenvalue weighted by atomic mass is 9.86. The molecule has 0 aliphatic carbocycles. The summed E-state index contributed by atoms with van der Waals surface area (Å²) in [5.41, 5.74) is 8.62. The van der Waals surface area contributed by atoms with E-state index in [1.807, 2.05) is 0 Å². The summed E-state index contributed by atoms with van der Waals surface area (Å²) in [6, 6.07) is 8.17. The number of hydrogen-bond acceptors (Lipinski definition) is 3. The summed E-state index contributed by atoms with van der Waals surface area (Å²) in [6.07, 6.45) is 0.818. The summed E-state index contributed by atoms with van der Waals surface area (Å²) < 4.78 is 16.9. The summed E-state index contributed by atoms with van der Waals surface area (Å²) in [6.45, 7) is 7.22. The second-order valence-corrected chi connectivity index (χ2v) is 7.76. The molecule has 1 rings (SSSR count). The van der Waals surface area contributed by atoms with Crippen molar-refractivity contribution in [3.63, 3.8) is 0 Å². The minimum Gasteiger partial charge on any atom is -0.385 e. The zero-order chi connectivity index (χ0) is 15.2. The zero-order valence-electron chi connectivity index (χ0n) is 13.0. The second-order valence-electron chi connectivity index (χ2n) is 6.14. The third kappa shape index (κ3) is 5.73. The highest BCUT2D eigenvalue weighted by Gasteiger charge is 2.15. The fourth-order valence-electron chi connectivity index (χ4n) is 1.97. The first-order chi connectivity index (χ1) is 9.34. The van der Waals surface area contributed by atoms with Crippen LogP contribution in [0.2, 0.25) is 0 Å². The number of benzene rings is 1. The Kier molecular flexibility index (Phi) is 6.86. The van der Waals surface area contributed by atoms with E-state index in [1.54, 1.807) is 7.11 Å². The molecule has 0 saturated carbocycles. The molecule has 3 nitrogen and oxygen atoms in total. The van der Waals surface area contributed by atoms with Crippen molar-refractivity contribution in [2.24, 2.45) is 5.73 Å². The molecule has 0 saturated heterocycles. The average molecular weight is 297 g/mol. The molecular weight excluding hydrogens is 270 g/mol. The molecule has 1 aromatic carbocycles. The van der Waals surface area contributed by atoms with Crippen molar-refractivity contribution in [3.8, 4) is 0 Å². The molecule has 2 N–H and O–H groups in total. The third-order valence-electron chi connectivity index (χ3n) is 3.29. The van der Waals surface area contributed by atoms with Crippen molar-refractivity contribution < 1.29 is 8.95 Å². The largest absolute Gasteiger partial charge is 0.385 e. The molecule has 0 heterocycles. The van der Waals surface area contributed by atoms with E-state index in [-0.39, 0.29) is 11.5 Å². The van der Waals surface area contributed by atoms with Crippen molar-refractivity contribution in [1.29, 1.82) is 0 Å². The third-order valence-corrected chi connectivity index (χ3v) is 4.77. The van der Waals surface area contributed by atoms with Crippen molar-refractivity contribution >= 4 is 10.8 Å². The Bertz CT molecular complexity index is 423. The lowest BCUT2D eigenvalue weighted by Gasteiger charge is -2.20. The molecule has 0 amide bonds. The van der Waals surface area contributed by atoms with Crippen LogP contribution in [0.15, 0.2) is 24.3 Å². The molecule has 0 aliphatic heterocycles. The minimum atomic E-state index is -0.880. The van der Waals surface area contributed by atoms with Gasteiger partial charge in [0.05, 0.1) is 0 Å². The van der Waals surface area contributed by atoms with Gasteiger partial charge in [-0.05, 0) is 23.0 Å². The van der Waals surface area contributed by atoms with Crippen LogP contribution in [0.4, 0.5) is 0 Å². The Balaban J connectivity index is 2.55. The van der Waals surface area contributed by atoms with E-state index in [0.29, 0.717) is 18.1 Å². The Morgan fingerprint density at radius 3 is 2.35 bits per heavy atom. The summed E-state index contributed by atoms with van der Waals surface area (Å²) in [5.74, 6) is 1.17. The van der Waals surface area contributed by atoms with Crippen LogP contribution in [0, 0.1) is 0 Å². The number of rotatable bonds is 7. The summed E-state index contributed by atoms with van der Waals surface area (Å²) >= 11 is 0. The van der Waals surface area contributed by atoms with Crippen LogP contribution in [0.1, 0.15) is 44.4 Å². The van der Waals surface area contributed by atoms with Gasteiger partial charge in [0.25, 0.3) is 0 Å². The van der Waals surface area contributed by atoms with Gasteiger partial charge in [-0.3, -0.25) is 4.21 Å². The van der Waals surface area contributed by atoms with Crippen LogP contribution in [-0.4, -0.2) is 29.4 Å². The molecule has 2 unspecified atom stereocenters. The molecule has 0 radical (unpaired) electrons. The minimum absolute atomic E-state index is 0.144. The van der Waals surface area contributed by atoms with Crippen LogP contribution >= 0.6 is 0 Å². The molecule has 0 aromatic heterocycles. The first kappa shape index (κ1) is 17.3. The fraction of sp³-hybridized carbons (Fsp3) is 0.625. The van der Waals surface area contributed by atoms with E-state index < -0.39 is 10.8 Å². The van der Waals surface area contributed by atoms with Crippen LogP contribution in [0.5, 0.6) is 0 Å². The lowest BCUT2D eigenvalue weighted by molar-refractivity contribution is 0.200. The van der Waals surface area contributed by atoms with Crippen molar-refractivity contribution in [3.05, 3.63) is 35.4 Å². The van der Waals surface area contributed by atoms with Gasteiger partial charge in [-0.2, -0.15) is 0 Å². The molecule has 20 heavy (non-hydrogen) atoms. The van der Waals surface area contributed by atoms with Crippen LogP contribution in [0.3, 0.4) is 0 Å². The van der Waals surface area contributed by atoms with Crippen molar-refractivity contribution in [2.75, 3.05) is 25.2 Å². The average Bonchev–Trinajstić information content (AvgIpc) is 2.38. The van der Waals surface area contributed by atoms with Crippen LogP contribution < -0.4 is 5.73 Å². The summed E-state index contributed by atoms with van der Waals surface area (Å²) in [4.78, 5) is 0. The van der Waals surface area contributed by atoms with Gasteiger partial charge in [-0.1, -0.05) is 45.0 Å². The zero-order valence-corrected chi connectivity index (χ0v) is 13.8. The molecule has 0 bridgehead atoms. The van der Waals surface area contributed by atoms with E-state index in [2.05, 4.69) is 45.0 Å². The summed E-state index contributed by atoms with van der Waals surface area (Å²) in [5, 5.41) is 0. The van der Waals surface area contributed by atoms with E-state index in [0.717, 1.165) is 12.0 Å². The Morgan fingerprint density at radius 1 is 1.25 bits per heavy atom. The first-order valence-corrected chi connectivity index (χ1v) is 8.53. The van der Waals surface area contributed by atoms with Crippen molar-refractivity contribution in [1.82, 2.24) is 0 Å². The Hall–Kier alpha value is -0.710. The van der Waals surface area contributed by atoms with Gasteiger partial charge in [0.1, 0.15) is 0 Å². The SMILES string of the molecule is COCCCS(=O)CC(N)c1ccc(C(C)(C)C)cc1. The molecule has 0 aliphatic rings. The quantitative estimate of drug-likeness (QED) is 0.787. The number of methoxy groups -OCH3 is 1. The molecule has 114 valence electrons. The van der Waals surface area contributed by atoms with Gasteiger partial charge >= 0.3 is 0 Å². The standard InChI is InChI=1S/C16H27NO2S/c1-16(2,3)14-8-6-13(7-9-14)15(17)12-20(18)11-5-10-19-4/h6-9,15H,5,10-12,17H2,1-4H3. The van der Waals surface area contributed by atoms with Gasteiger partial charge in [-0.15, -0.1) is 0 Å². The summed E-state index contributed by atoms with van der Waals surface area (Å²) in [7, 11) is 0.779. The maximum Gasteiger partial charge on any atom is 0.0471 e. The Morgan fingerprint density at radius 2 is 1.85 bits per heavy atom. The highest BCUT2D eigenvalue weighted by atomic mass is 32.2. The maximum absolute atomic E-state index is 11.9. The molecule has 1 aromatic rings. The maximum atomic E-state index is 11.9. The van der Waals surface area contributed by atoms with E-state index >= 15 is 0 Å². The van der Waals surface area contributed by atoms with Gasteiger partial charge < -0.3 is 10.5 Å². The first-order valence-electron chi connectivity index (χ1n) is 7.04. The molecule has 4 heteroatoms. The smallest absolute Gasteiger partial charge is 0.0471 e. The lowest BCUT2D eigenvalue weighted by Crippen LogP contribution is -2.20. The molecule has 0 spiro atoms. The monoisotopic (exact) mass is 297 g/mol. The van der Waals surface area contributed by atoms with E-state index in [4.69, 9.17) is 10.5 Å². The normalized spacial score (nSPS) is 15.1. The predicted molar refractivity (Wildman–Crippen MR) is 86.4 cm³/mol. The van der Waals surface area contributed by atoms with Gasteiger partial charge in [0.2, 0.25) is 0 Å². The molecule has 2 atom stereocenters. The van der Waals surface area contributed by atoms with Crippen LogP contribution in [0.25, 0.3) is 0 Å². The van der Waals surface area contributed by atoms with E-state index in [9.17, 15) is 4.21 Å². The highest BCUT2D eigenvalue weighted by Crippen LogP contribution is 2.23.